The van der Waals surface area contributed by atoms with E-state index in [1.807, 2.05) is 19.2 Å². The summed E-state index contributed by atoms with van der Waals surface area (Å²) >= 11 is 0. The molecular formula is C15H21F3N4O4. The Morgan fingerprint density at radius 1 is 1.42 bits per heavy atom. The normalized spacial score (nSPS) is 13.9. The number of ether oxygens (including phenoxy) is 1. The number of nitrogens with zero attached hydrogens (tertiary/aromatic N) is 2. The van der Waals surface area contributed by atoms with E-state index in [9.17, 15) is 18.0 Å². The maximum absolute atomic E-state index is 11.7. The number of aliphatic carboxylic acids is 1. The van der Waals surface area contributed by atoms with Crippen molar-refractivity contribution in [2.24, 2.45) is 5.92 Å². The highest BCUT2D eigenvalue weighted by molar-refractivity contribution is 5.92. The van der Waals surface area contributed by atoms with Gasteiger partial charge in [-0.3, -0.25) is 4.79 Å². The van der Waals surface area contributed by atoms with Gasteiger partial charge in [0.15, 0.2) is 0 Å². The fourth-order valence-corrected chi connectivity index (χ4v) is 1.75. The number of likely N-dealkylation sites (N-methyl/N-ethyl adjacent to an activating group) is 1. The first kappa shape index (κ1) is 21.6. The van der Waals surface area contributed by atoms with Crippen molar-refractivity contribution < 1.29 is 32.6 Å². The molecule has 2 heterocycles. The largest absolute Gasteiger partial charge is 0.490 e. The zero-order chi connectivity index (χ0) is 19.7. The number of pyridine rings is 1. The summed E-state index contributed by atoms with van der Waals surface area (Å²) in [4.78, 5) is 26.9. The molecule has 11 heteroatoms. The first-order valence-corrected chi connectivity index (χ1v) is 7.63. The zero-order valence-electron chi connectivity index (χ0n) is 14.3. The van der Waals surface area contributed by atoms with E-state index in [-0.39, 0.29) is 11.8 Å². The number of halogens is 3. The molecule has 0 unspecified atom stereocenters. The van der Waals surface area contributed by atoms with Crippen LogP contribution >= 0.6 is 0 Å². The maximum Gasteiger partial charge on any atom is 0.490 e. The number of alkyl halides is 3. The van der Waals surface area contributed by atoms with Gasteiger partial charge in [-0.25, -0.2) is 9.78 Å². The van der Waals surface area contributed by atoms with Gasteiger partial charge in [0.1, 0.15) is 5.82 Å². The second-order valence-corrected chi connectivity index (χ2v) is 5.46. The van der Waals surface area contributed by atoms with Crippen molar-refractivity contribution in [3.63, 3.8) is 0 Å². The highest BCUT2D eigenvalue weighted by atomic mass is 19.4. The number of hydrogen-bond donors (Lipinski definition) is 3. The van der Waals surface area contributed by atoms with Crippen LogP contribution < -0.4 is 15.5 Å². The Hall–Kier alpha value is -2.40. The van der Waals surface area contributed by atoms with Crippen LogP contribution in [-0.4, -0.2) is 68.5 Å². The maximum atomic E-state index is 11.7. The minimum absolute atomic E-state index is 0.0340. The fraction of sp³-hybridized carbons (Fsp3) is 0.533. The molecule has 8 nitrogen and oxygen atoms in total. The molecule has 3 N–H and O–H groups in total. The number of carbonyl (C=O) groups excluding carboxylic acids is 1. The van der Waals surface area contributed by atoms with Gasteiger partial charge in [0.2, 0.25) is 5.91 Å². The van der Waals surface area contributed by atoms with Crippen LogP contribution in [0.15, 0.2) is 18.3 Å². The van der Waals surface area contributed by atoms with Gasteiger partial charge in [-0.2, -0.15) is 13.2 Å². The second-order valence-electron chi connectivity index (χ2n) is 5.46. The summed E-state index contributed by atoms with van der Waals surface area (Å²) in [5, 5.41) is 13.0. The molecular weight excluding hydrogens is 357 g/mol. The van der Waals surface area contributed by atoms with Crippen LogP contribution in [0.25, 0.3) is 0 Å². The highest BCUT2D eigenvalue weighted by Crippen LogP contribution is 2.15. The SMILES string of the molecule is COCCN(C)c1ccc(NC(=O)C2CNC2)nc1.O=C(O)C(F)(F)F. The van der Waals surface area contributed by atoms with E-state index in [0.717, 1.165) is 25.3 Å². The predicted molar refractivity (Wildman–Crippen MR) is 88.1 cm³/mol. The van der Waals surface area contributed by atoms with Gasteiger partial charge in [0.25, 0.3) is 0 Å². The minimum Gasteiger partial charge on any atom is -0.475 e. The van der Waals surface area contributed by atoms with Gasteiger partial charge in [0, 0.05) is 33.8 Å². The first-order chi connectivity index (χ1) is 12.1. The third-order valence-electron chi connectivity index (χ3n) is 3.47. The minimum atomic E-state index is -5.08. The van der Waals surface area contributed by atoms with Crippen molar-refractivity contribution >= 4 is 23.4 Å². The molecule has 0 saturated carbocycles. The molecule has 26 heavy (non-hydrogen) atoms. The number of anilines is 2. The fourth-order valence-electron chi connectivity index (χ4n) is 1.75. The van der Waals surface area contributed by atoms with Crippen molar-refractivity contribution in [1.29, 1.82) is 0 Å². The molecule has 1 saturated heterocycles. The van der Waals surface area contributed by atoms with E-state index < -0.39 is 12.1 Å². The third kappa shape index (κ3) is 7.23. The van der Waals surface area contributed by atoms with Crippen molar-refractivity contribution in [3.8, 4) is 0 Å². The van der Waals surface area contributed by atoms with Crippen LogP contribution in [0, 0.1) is 5.92 Å². The first-order valence-electron chi connectivity index (χ1n) is 7.63. The molecule has 1 aliphatic heterocycles. The summed E-state index contributed by atoms with van der Waals surface area (Å²) in [5.74, 6) is -2.05. The Kier molecular flexibility index (Phi) is 8.26. The van der Waals surface area contributed by atoms with Gasteiger partial charge in [0.05, 0.1) is 24.4 Å². The van der Waals surface area contributed by atoms with Gasteiger partial charge in [-0.05, 0) is 12.1 Å². The molecule has 1 fully saturated rings. The van der Waals surface area contributed by atoms with Crippen molar-refractivity contribution in [2.45, 2.75) is 6.18 Å². The molecule has 0 spiro atoms. The van der Waals surface area contributed by atoms with Crippen LogP contribution in [-0.2, 0) is 14.3 Å². The molecule has 146 valence electrons. The zero-order valence-corrected chi connectivity index (χ0v) is 14.3. The average molecular weight is 378 g/mol. The summed E-state index contributed by atoms with van der Waals surface area (Å²) in [6, 6.07) is 3.76. The smallest absolute Gasteiger partial charge is 0.475 e. The third-order valence-corrected chi connectivity index (χ3v) is 3.47. The summed E-state index contributed by atoms with van der Waals surface area (Å²) in [6.07, 6.45) is -3.33. The van der Waals surface area contributed by atoms with E-state index in [2.05, 4.69) is 20.5 Å². The van der Waals surface area contributed by atoms with Crippen LogP contribution in [0.4, 0.5) is 24.7 Å². The standard InChI is InChI=1S/C13H20N4O2.C2HF3O2/c1-17(5-6-19-2)11-3-4-12(15-9-11)16-13(18)10-7-14-8-10;3-2(4,5)1(6)7/h3-4,9-10,14H,5-8H2,1-2H3,(H,15,16,18);(H,6,7). The lowest BCUT2D eigenvalue weighted by Gasteiger charge is -2.25. The lowest BCUT2D eigenvalue weighted by Crippen LogP contribution is -2.48. The summed E-state index contributed by atoms with van der Waals surface area (Å²) in [7, 11) is 3.66. The lowest BCUT2D eigenvalue weighted by atomic mass is 10.0. The number of rotatable bonds is 6. The number of carbonyl (C=O) groups is 2. The molecule has 2 rings (SSSR count). The molecule has 1 amide bonds. The number of nitrogens with one attached hydrogen (secondary N) is 2. The van der Waals surface area contributed by atoms with E-state index in [0.29, 0.717) is 12.4 Å². The average Bonchev–Trinajstić information content (AvgIpc) is 2.51. The van der Waals surface area contributed by atoms with Gasteiger partial charge in [-0.15, -0.1) is 0 Å². The van der Waals surface area contributed by atoms with Gasteiger partial charge >= 0.3 is 12.1 Å². The van der Waals surface area contributed by atoms with E-state index in [1.54, 1.807) is 13.3 Å². The van der Waals surface area contributed by atoms with Crippen molar-refractivity contribution in [3.05, 3.63) is 18.3 Å². The summed E-state index contributed by atoms with van der Waals surface area (Å²) in [6.45, 7) is 2.98. The highest BCUT2D eigenvalue weighted by Gasteiger charge is 2.38. The number of methoxy groups -OCH3 is 1. The quantitative estimate of drug-likeness (QED) is 0.677. The Morgan fingerprint density at radius 3 is 2.42 bits per heavy atom. The van der Waals surface area contributed by atoms with E-state index in [4.69, 9.17) is 14.6 Å². The van der Waals surface area contributed by atoms with Crippen LogP contribution in [0.3, 0.4) is 0 Å². The molecule has 1 aromatic rings. The van der Waals surface area contributed by atoms with Crippen molar-refractivity contribution in [1.82, 2.24) is 10.3 Å². The summed E-state index contributed by atoms with van der Waals surface area (Å²) < 4.78 is 36.8. The summed E-state index contributed by atoms with van der Waals surface area (Å²) in [5.41, 5.74) is 1.00. The van der Waals surface area contributed by atoms with Crippen LogP contribution in [0.5, 0.6) is 0 Å². The molecule has 0 aromatic carbocycles. The van der Waals surface area contributed by atoms with Crippen LogP contribution in [0.1, 0.15) is 0 Å². The molecule has 0 atom stereocenters. The molecule has 0 bridgehead atoms. The van der Waals surface area contributed by atoms with Gasteiger partial charge < -0.3 is 25.4 Å². The lowest BCUT2D eigenvalue weighted by molar-refractivity contribution is -0.192. The number of carboxylic acids is 1. The number of hydrogen-bond acceptors (Lipinski definition) is 6. The Morgan fingerprint density at radius 2 is 2.04 bits per heavy atom. The number of amides is 1. The molecule has 1 aromatic heterocycles. The van der Waals surface area contributed by atoms with Crippen molar-refractivity contribution in [2.75, 3.05) is 50.6 Å². The Labute approximate surface area is 148 Å². The molecule has 0 aliphatic carbocycles. The number of carboxylic acid groups (broad SMARTS) is 1. The van der Waals surface area contributed by atoms with Crippen LogP contribution in [0.2, 0.25) is 0 Å². The monoisotopic (exact) mass is 378 g/mol. The molecule has 1 aliphatic rings. The Bertz CT molecular complexity index is 592. The predicted octanol–water partition coefficient (Wildman–Crippen LogP) is 0.955. The van der Waals surface area contributed by atoms with E-state index in [1.165, 1.54) is 0 Å². The second kappa shape index (κ2) is 9.92. The van der Waals surface area contributed by atoms with E-state index >= 15 is 0 Å². The molecule has 0 radical (unpaired) electrons. The number of aromatic nitrogens is 1. The Balaban J connectivity index is 0.000000412. The van der Waals surface area contributed by atoms with Gasteiger partial charge in [-0.1, -0.05) is 0 Å². The topological polar surface area (TPSA) is 104 Å².